The lowest BCUT2D eigenvalue weighted by molar-refractivity contribution is 0.413. The molecule has 2 heteroatoms. The molecule has 0 N–H and O–H groups in total. The third kappa shape index (κ3) is 16.6. The van der Waals surface area contributed by atoms with Crippen molar-refractivity contribution < 1.29 is 0 Å². The van der Waals surface area contributed by atoms with Gasteiger partial charge < -0.3 is 4.57 Å². The van der Waals surface area contributed by atoms with Crippen molar-refractivity contribution in [3.05, 3.63) is 18.2 Å². The van der Waals surface area contributed by atoms with Gasteiger partial charge in [0, 0.05) is 24.4 Å². The van der Waals surface area contributed by atoms with Gasteiger partial charge in [-0.2, -0.15) is 0 Å². The van der Waals surface area contributed by atoms with E-state index in [4.69, 9.17) is 4.98 Å². The van der Waals surface area contributed by atoms with Crippen LogP contribution in [0.25, 0.3) is 0 Å². The molecule has 0 aliphatic carbocycles. The topological polar surface area (TPSA) is 17.8 Å². The van der Waals surface area contributed by atoms with Gasteiger partial charge in [0.25, 0.3) is 0 Å². The monoisotopic (exact) mass is 489 g/mol. The summed E-state index contributed by atoms with van der Waals surface area (Å²) in [5.41, 5.74) is 0. The molecule has 0 spiro atoms. The molecule has 0 aliphatic heterocycles. The summed E-state index contributed by atoms with van der Waals surface area (Å²) in [4.78, 5) is 4.94. The van der Waals surface area contributed by atoms with Gasteiger partial charge >= 0.3 is 0 Å². The molecule has 1 aromatic rings. The molecule has 0 saturated heterocycles. The maximum Gasteiger partial charge on any atom is 0.111 e. The molecular formula is C33H64N2. The number of imidazole rings is 1. The Morgan fingerprint density at radius 3 is 1.34 bits per heavy atom. The molecule has 0 amide bonds. The van der Waals surface area contributed by atoms with Gasteiger partial charge in [0.15, 0.2) is 0 Å². The average Bonchev–Trinajstić information content (AvgIpc) is 3.35. The van der Waals surface area contributed by atoms with Crippen LogP contribution in [0.15, 0.2) is 12.4 Å². The fraction of sp³-hybridized carbons (Fsp3) is 0.909. The van der Waals surface area contributed by atoms with Gasteiger partial charge in [-0.25, -0.2) is 4.98 Å². The van der Waals surface area contributed by atoms with Crippen molar-refractivity contribution in [1.82, 2.24) is 9.55 Å². The lowest BCUT2D eigenvalue weighted by Crippen LogP contribution is -2.13. The van der Waals surface area contributed by atoms with Crippen molar-refractivity contribution >= 4 is 0 Å². The Morgan fingerprint density at radius 1 is 0.543 bits per heavy atom. The SMILES string of the molecule is CCCCCCCCCCCCCC(CCCCCCC)c1nccn1C(C)CCCCCCC. The molecule has 1 aromatic heterocycles. The van der Waals surface area contributed by atoms with E-state index >= 15 is 0 Å². The van der Waals surface area contributed by atoms with Crippen molar-refractivity contribution in [2.24, 2.45) is 0 Å². The highest BCUT2D eigenvalue weighted by Gasteiger charge is 2.19. The first-order valence-corrected chi connectivity index (χ1v) is 16.3. The summed E-state index contributed by atoms with van der Waals surface area (Å²) >= 11 is 0. The molecule has 2 atom stereocenters. The van der Waals surface area contributed by atoms with E-state index < -0.39 is 0 Å². The van der Waals surface area contributed by atoms with Crippen LogP contribution in [0.5, 0.6) is 0 Å². The Kier molecular flexibility index (Phi) is 21.7. The van der Waals surface area contributed by atoms with Crippen LogP contribution in [-0.4, -0.2) is 9.55 Å². The molecule has 2 unspecified atom stereocenters. The lowest BCUT2D eigenvalue weighted by atomic mass is 9.93. The highest BCUT2D eigenvalue weighted by molar-refractivity contribution is 5.02. The summed E-state index contributed by atoms with van der Waals surface area (Å²) in [5.74, 6) is 2.06. The Morgan fingerprint density at radius 2 is 0.914 bits per heavy atom. The molecule has 2 nitrogen and oxygen atoms in total. The van der Waals surface area contributed by atoms with Crippen LogP contribution in [0.2, 0.25) is 0 Å². The summed E-state index contributed by atoms with van der Waals surface area (Å²) in [5, 5.41) is 0. The molecule has 0 saturated carbocycles. The zero-order valence-corrected chi connectivity index (χ0v) is 24.7. The van der Waals surface area contributed by atoms with E-state index in [2.05, 4.69) is 44.7 Å². The summed E-state index contributed by atoms with van der Waals surface area (Å²) in [6.45, 7) is 9.35. The molecular weight excluding hydrogens is 424 g/mol. The molecule has 0 aliphatic rings. The summed E-state index contributed by atoms with van der Waals surface area (Å²) in [6, 6.07) is 0.592. The maximum absolute atomic E-state index is 4.94. The van der Waals surface area contributed by atoms with E-state index in [0.29, 0.717) is 12.0 Å². The van der Waals surface area contributed by atoms with E-state index in [1.165, 1.54) is 160 Å². The molecule has 0 fully saturated rings. The summed E-state index contributed by atoms with van der Waals surface area (Å²) < 4.78 is 2.55. The summed E-state index contributed by atoms with van der Waals surface area (Å²) in [7, 11) is 0. The van der Waals surface area contributed by atoms with Crippen LogP contribution < -0.4 is 0 Å². The number of unbranched alkanes of at least 4 members (excludes halogenated alkanes) is 18. The van der Waals surface area contributed by atoms with Gasteiger partial charge in [0.1, 0.15) is 5.82 Å². The predicted molar refractivity (Wildman–Crippen MR) is 158 cm³/mol. The van der Waals surface area contributed by atoms with E-state index in [9.17, 15) is 0 Å². The molecule has 206 valence electrons. The standard InChI is InChI=1S/C33H64N2/c1-5-8-11-14-15-16-17-18-19-22-25-28-32(27-24-21-13-10-7-3)33-34-29-30-35(33)31(4)26-23-20-12-9-6-2/h29-32H,5-28H2,1-4H3. The number of hydrogen-bond acceptors (Lipinski definition) is 1. The fourth-order valence-corrected chi connectivity index (χ4v) is 5.65. The Hall–Kier alpha value is -0.790. The zero-order valence-electron chi connectivity index (χ0n) is 24.7. The normalized spacial score (nSPS) is 13.4. The van der Waals surface area contributed by atoms with Crippen molar-refractivity contribution in [1.29, 1.82) is 0 Å². The van der Waals surface area contributed by atoms with Crippen molar-refractivity contribution in [3.63, 3.8) is 0 Å². The van der Waals surface area contributed by atoms with Crippen LogP contribution in [0.1, 0.15) is 200 Å². The predicted octanol–water partition coefficient (Wildman–Crippen LogP) is 11.9. The molecule has 35 heavy (non-hydrogen) atoms. The highest BCUT2D eigenvalue weighted by atomic mass is 15.1. The van der Waals surface area contributed by atoms with Gasteiger partial charge in [-0.05, 0) is 26.2 Å². The first kappa shape index (κ1) is 32.2. The number of hydrogen-bond donors (Lipinski definition) is 0. The molecule has 0 aromatic carbocycles. The highest BCUT2D eigenvalue weighted by Crippen LogP contribution is 2.30. The zero-order chi connectivity index (χ0) is 25.4. The average molecular weight is 489 g/mol. The fourth-order valence-electron chi connectivity index (χ4n) is 5.65. The minimum Gasteiger partial charge on any atom is -0.332 e. The second-order valence-electron chi connectivity index (χ2n) is 11.5. The second-order valence-corrected chi connectivity index (χ2v) is 11.5. The number of aromatic nitrogens is 2. The van der Waals surface area contributed by atoms with Gasteiger partial charge in [0.2, 0.25) is 0 Å². The minimum absolute atomic E-state index is 0.592. The van der Waals surface area contributed by atoms with E-state index in [0.717, 1.165) is 0 Å². The molecule has 0 bridgehead atoms. The first-order chi connectivity index (χ1) is 17.2. The second kappa shape index (κ2) is 23.6. The van der Waals surface area contributed by atoms with Gasteiger partial charge in [-0.15, -0.1) is 0 Å². The lowest BCUT2D eigenvalue weighted by Gasteiger charge is -2.22. The quantitative estimate of drug-likeness (QED) is 0.118. The van der Waals surface area contributed by atoms with Crippen LogP contribution in [0, 0.1) is 0 Å². The van der Waals surface area contributed by atoms with Crippen molar-refractivity contribution in [2.45, 2.75) is 194 Å². The largest absolute Gasteiger partial charge is 0.332 e. The van der Waals surface area contributed by atoms with Gasteiger partial charge in [0.05, 0.1) is 0 Å². The Bertz CT molecular complexity index is 549. The van der Waals surface area contributed by atoms with Crippen molar-refractivity contribution in [3.8, 4) is 0 Å². The van der Waals surface area contributed by atoms with Crippen LogP contribution in [-0.2, 0) is 0 Å². The first-order valence-electron chi connectivity index (χ1n) is 16.3. The van der Waals surface area contributed by atoms with Crippen LogP contribution in [0.4, 0.5) is 0 Å². The number of rotatable bonds is 26. The van der Waals surface area contributed by atoms with Crippen LogP contribution >= 0.6 is 0 Å². The minimum atomic E-state index is 0.592. The molecule has 0 radical (unpaired) electrons. The van der Waals surface area contributed by atoms with Crippen LogP contribution in [0.3, 0.4) is 0 Å². The molecule has 1 rings (SSSR count). The van der Waals surface area contributed by atoms with Gasteiger partial charge in [-0.1, -0.05) is 156 Å². The number of nitrogens with zero attached hydrogens (tertiary/aromatic N) is 2. The Balaban J connectivity index is 2.43. The summed E-state index contributed by atoms with van der Waals surface area (Å²) in [6.07, 6.45) is 37.8. The molecule has 1 heterocycles. The van der Waals surface area contributed by atoms with Gasteiger partial charge in [-0.3, -0.25) is 0 Å². The third-order valence-electron chi connectivity index (χ3n) is 8.08. The van der Waals surface area contributed by atoms with E-state index in [1.807, 2.05) is 0 Å². The van der Waals surface area contributed by atoms with Crippen molar-refractivity contribution in [2.75, 3.05) is 0 Å². The Labute approximate surface area is 221 Å². The van der Waals surface area contributed by atoms with E-state index in [-0.39, 0.29) is 0 Å². The van der Waals surface area contributed by atoms with E-state index in [1.54, 1.807) is 0 Å². The maximum atomic E-state index is 4.94. The third-order valence-corrected chi connectivity index (χ3v) is 8.08. The smallest absolute Gasteiger partial charge is 0.111 e.